The summed E-state index contributed by atoms with van der Waals surface area (Å²) in [6.45, 7) is 4.61. The molecule has 0 aliphatic carbocycles. The first-order valence-electron chi connectivity index (χ1n) is 7.03. The highest BCUT2D eigenvalue weighted by molar-refractivity contribution is 5.92. The second-order valence-electron chi connectivity index (χ2n) is 4.70. The summed E-state index contributed by atoms with van der Waals surface area (Å²) in [6, 6.07) is 9.96. The molecule has 0 aliphatic rings. The zero-order valence-corrected chi connectivity index (χ0v) is 12.2. The third-order valence-corrected chi connectivity index (χ3v) is 3.08. The molecule has 0 radical (unpaired) electrons. The van der Waals surface area contributed by atoms with Gasteiger partial charge in [-0.25, -0.2) is 9.37 Å². The predicted molar refractivity (Wildman–Crippen MR) is 85.4 cm³/mol. The standard InChI is InChI=1S/C17H18FN3O/c1-2-10-19-14-7-8-16(21-12-14)17(22)20-11-9-13-5-3-4-6-15(13)18/h2-8,12,19H,1,9-11H2,(H,20,22). The van der Waals surface area contributed by atoms with Gasteiger partial charge in [-0.15, -0.1) is 6.58 Å². The van der Waals surface area contributed by atoms with Crippen LogP contribution in [0.4, 0.5) is 10.1 Å². The topological polar surface area (TPSA) is 54.0 Å². The van der Waals surface area contributed by atoms with Crippen molar-refractivity contribution in [1.29, 1.82) is 0 Å². The minimum absolute atomic E-state index is 0.257. The van der Waals surface area contributed by atoms with Crippen LogP contribution >= 0.6 is 0 Å². The van der Waals surface area contributed by atoms with Crippen molar-refractivity contribution >= 4 is 11.6 Å². The number of carbonyl (C=O) groups is 1. The number of hydrogen-bond donors (Lipinski definition) is 2. The average Bonchev–Trinajstić information content (AvgIpc) is 2.55. The van der Waals surface area contributed by atoms with E-state index in [0.29, 0.717) is 30.8 Å². The van der Waals surface area contributed by atoms with E-state index in [1.165, 1.54) is 6.07 Å². The fourth-order valence-corrected chi connectivity index (χ4v) is 1.93. The van der Waals surface area contributed by atoms with E-state index >= 15 is 0 Å². The van der Waals surface area contributed by atoms with Gasteiger partial charge in [0.1, 0.15) is 11.5 Å². The molecule has 1 aromatic heterocycles. The highest BCUT2D eigenvalue weighted by Crippen LogP contribution is 2.07. The van der Waals surface area contributed by atoms with Crippen LogP contribution in [0.15, 0.2) is 55.3 Å². The molecule has 0 aliphatic heterocycles. The number of pyridine rings is 1. The molecule has 0 saturated heterocycles. The fourth-order valence-electron chi connectivity index (χ4n) is 1.93. The normalized spacial score (nSPS) is 10.0. The van der Waals surface area contributed by atoms with Crippen LogP contribution in [-0.2, 0) is 6.42 Å². The van der Waals surface area contributed by atoms with Crippen LogP contribution in [-0.4, -0.2) is 24.0 Å². The van der Waals surface area contributed by atoms with E-state index in [4.69, 9.17) is 0 Å². The van der Waals surface area contributed by atoms with Crippen molar-refractivity contribution in [3.63, 3.8) is 0 Å². The van der Waals surface area contributed by atoms with E-state index in [1.54, 1.807) is 42.6 Å². The lowest BCUT2D eigenvalue weighted by Crippen LogP contribution is -2.26. The van der Waals surface area contributed by atoms with Crippen LogP contribution in [0.25, 0.3) is 0 Å². The molecule has 0 atom stereocenters. The van der Waals surface area contributed by atoms with Gasteiger partial charge in [0.15, 0.2) is 0 Å². The summed E-state index contributed by atoms with van der Waals surface area (Å²) in [4.78, 5) is 16.0. The van der Waals surface area contributed by atoms with Crippen LogP contribution in [0, 0.1) is 5.82 Å². The molecule has 0 fully saturated rings. The largest absolute Gasteiger partial charge is 0.380 e. The number of halogens is 1. The van der Waals surface area contributed by atoms with Crippen molar-refractivity contribution in [2.45, 2.75) is 6.42 Å². The van der Waals surface area contributed by atoms with Crippen molar-refractivity contribution in [3.05, 3.63) is 72.3 Å². The van der Waals surface area contributed by atoms with Crippen LogP contribution in [0.3, 0.4) is 0 Å². The van der Waals surface area contributed by atoms with Gasteiger partial charge in [-0.2, -0.15) is 0 Å². The highest BCUT2D eigenvalue weighted by atomic mass is 19.1. The van der Waals surface area contributed by atoms with E-state index in [-0.39, 0.29) is 11.7 Å². The molecule has 0 spiro atoms. The minimum Gasteiger partial charge on any atom is -0.380 e. The van der Waals surface area contributed by atoms with Gasteiger partial charge in [0, 0.05) is 13.1 Å². The maximum Gasteiger partial charge on any atom is 0.269 e. The van der Waals surface area contributed by atoms with Crippen LogP contribution in [0.5, 0.6) is 0 Å². The molecule has 1 aromatic carbocycles. The zero-order chi connectivity index (χ0) is 15.8. The van der Waals surface area contributed by atoms with Gasteiger partial charge in [0.25, 0.3) is 5.91 Å². The maximum atomic E-state index is 13.4. The Morgan fingerprint density at radius 1 is 1.27 bits per heavy atom. The maximum absolute atomic E-state index is 13.4. The molecule has 1 heterocycles. The first kappa shape index (κ1) is 15.7. The van der Waals surface area contributed by atoms with Crippen LogP contribution in [0.1, 0.15) is 16.1 Å². The minimum atomic E-state index is -0.272. The third-order valence-electron chi connectivity index (χ3n) is 3.08. The highest BCUT2D eigenvalue weighted by Gasteiger charge is 2.07. The second kappa shape index (κ2) is 7.93. The summed E-state index contributed by atoms with van der Waals surface area (Å²) in [5, 5.41) is 5.81. The summed E-state index contributed by atoms with van der Waals surface area (Å²) < 4.78 is 13.4. The SMILES string of the molecule is C=CCNc1ccc(C(=O)NCCc2ccccc2F)nc1. The van der Waals surface area contributed by atoms with Gasteiger partial charge >= 0.3 is 0 Å². The monoisotopic (exact) mass is 299 g/mol. The molecule has 0 saturated carbocycles. The molecule has 114 valence electrons. The van der Waals surface area contributed by atoms with Crippen molar-refractivity contribution in [2.75, 3.05) is 18.4 Å². The molecule has 4 nitrogen and oxygen atoms in total. The molecule has 22 heavy (non-hydrogen) atoms. The number of carbonyl (C=O) groups excluding carboxylic acids is 1. The van der Waals surface area contributed by atoms with Crippen molar-refractivity contribution in [2.24, 2.45) is 0 Å². The van der Waals surface area contributed by atoms with Crippen LogP contribution in [0.2, 0.25) is 0 Å². The summed E-state index contributed by atoms with van der Waals surface area (Å²) >= 11 is 0. The van der Waals surface area contributed by atoms with Gasteiger partial charge in [-0.3, -0.25) is 4.79 Å². The number of hydrogen-bond acceptors (Lipinski definition) is 3. The number of nitrogens with zero attached hydrogens (tertiary/aromatic N) is 1. The lowest BCUT2D eigenvalue weighted by atomic mass is 10.1. The Kier molecular flexibility index (Phi) is 5.65. The Morgan fingerprint density at radius 3 is 2.77 bits per heavy atom. The number of nitrogens with one attached hydrogen (secondary N) is 2. The van der Waals surface area contributed by atoms with Crippen LogP contribution < -0.4 is 10.6 Å². The molecule has 2 rings (SSSR count). The van der Waals surface area contributed by atoms with Crippen molar-refractivity contribution in [3.8, 4) is 0 Å². The second-order valence-corrected chi connectivity index (χ2v) is 4.70. The molecular weight excluding hydrogens is 281 g/mol. The van der Waals surface area contributed by atoms with E-state index in [0.717, 1.165) is 5.69 Å². The van der Waals surface area contributed by atoms with E-state index in [1.807, 2.05) is 0 Å². The molecule has 5 heteroatoms. The molecule has 0 unspecified atom stereocenters. The van der Waals surface area contributed by atoms with Gasteiger partial charge in [0.2, 0.25) is 0 Å². The van der Waals surface area contributed by atoms with Gasteiger partial charge < -0.3 is 10.6 Å². The quantitative estimate of drug-likeness (QED) is 0.773. The predicted octanol–water partition coefficient (Wildman–Crippen LogP) is 2.79. The number of aromatic nitrogens is 1. The van der Waals surface area contributed by atoms with Gasteiger partial charge in [-0.1, -0.05) is 24.3 Å². The van der Waals surface area contributed by atoms with Crippen molar-refractivity contribution in [1.82, 2.24) is 10.3 Å². The summed E-state index contributed by atoms with van der Waals surface area (Å²) in [7, 11) is 0. The number of anilines is 1. The fraction of sp³-hybridized carbons (Fsp3) is 0.176. The summed E-state index contributed by atoms with van der Waals surface area (Å²) in [5.41, 5.74) is 1.74. The smallest absolute Gasteiger partial charge is 0.269 e. The Hall–Kier alpha value is -2.69. The van der Waals surface area contributed by atoms with E-state index < -0.39 is 0 Å². The molecule has 2 aromatic rings. The lowest BCUT2D eigenvalue weighted by Gasteiger charge is -2.07. The Morgan fingerprint density at radius 2 is 2.09 bits per heavy atom. The summed E-state index contributed by atoms with van der Waals surface area (Å²) in [6.07, 6.45) is 3.77. The molecule has 2 N–H and O–H groups in total. The Labute approximate surface area is 129 Å². The number of rotatable bonds is 7. The molecule has 0 bridgehead atoms. The van der Waals surface area contributed by atoms with Gasteiger partial charge in [0.05, 0.1) is 11.9 Å². The van der Waals surface area contributed by atoms with E-state index in [9.17, 15) is 9.18 Å². The van der Waals surface area contributed by atoms with E-state index in [2.05, 4.69) is 22.2 Å². The molecule has 1 amide bonds. The first-order valence-corrected chi connectivity index (χ1v) is 7.03. The lowest BCUT2D eigenvalue weighted by molar-refractivity contribution is 0.0949. The van der Waals surface area contributed by atoms with Crippen molar-refractivity contribution < 1.29 is 9.18 Å². The Bertz CT molecular complexity index is 641. The average molecular weight is 299 g/mol. The van der Waals surface area contributed by atoms with Gasteiger partial charge in [-0.05, 0) is 30.2 Å². The number of benzene rings is 1. The zero-order valence-electron chi connectivity index (χ0n) is 12.2. The third kappa shape index (κ3) is 4.41. The Balaban J connectivity index is 1.84. The summed E-state index contributed by atoms with van der Waals surface area (Å²) in [5.74, 6) is -0.529. The number of amides is 1. The molecular formula is C17H18FN3O. The first-order chi connectivity index (χ1) is 10.7.